The minimum Gasteiger partial charge on any atom is -0.255 e. The summed E-state index contributed by atoms with van der Waals surface area (Å²) in [6, 6.07) is 15.1. The largest absolute Gasteiger partial charge is 0.255 e. The Labute approximate surface area is 295 Å². The van der Waals surface area contributed by atoms with Crippen LogP contribution < -0.4 is 0 Å². The summed E-state index contributed by atoms with van der Waals surface area (Å²) in [6.45, 7) is 8.83. The van der Waals surface area contributed by atoms with Crippen molar-refractivity contribution in [2.45, 2.75) is 175 Å². The number of nitrogens with zero attached hydrogens (tertiary/aromatic N) is 2. The first-order valence-electron chi connectivity index (χ1n) is 19.1. The summed E-state index contributed by atoms with van der Waals surface area (Å²) in [4.78, 5) is 9.89. The van der Waals surface area contributed by atoms with Crippen LogP contribution in [0.3, 0.4) is 0 Å². The number of para-hydroxylation sites is 1. The Hall–Kier alpha value is -1.99. The molecular weight excluding hydrogens is 603 g/mol. The summed E-state index contributed by atoms with van der Waals surface area (Å²) in [5, 5.41) is 0. The average Bonchev–Trinajstić information content (AvgIpc) is 3.05. The predicted molar refractivity (Wildman–Crippen MR) is 203 cm³/mol. The van der Waals surface area contributed by atoms with Crippen molar-refractivity contribution in [2.24, 2.45) is 9.98 Å². The molecule has 0 aliphatic carbocycles. The van der Waals surface area contributed by atoms with Crippen LogP contribution in [0.15, 0.2) is 64.6 Å². The van der Waals surface area contributed by atoms with Gasteiger partial charge in [-0.05, 0) is 93.7 Å². The number of unbranched alkanes of at least 4 members (excludes halogenated alkanes) is 18. The van der Waals surface area contributed by atoms with Crippen molar-refractivity contribution in [2.75, 3.05) is 0 Å². The minimum atomic E-state index is 0. The number of hydrogen-bond donors (Lipinski definition) is 0. The van der Waals surface area contributed by atoms with Crippen LogP contribution in [-0.4, -0.2) is 11.9 Å². The van der Waals surface area contributed by atoms with Gasteiger partial charge in [0.15, 0.2) is 0 Å². The monoisotopic (exact) mass is 670 g/mol. The van der Waals surface area contributed by atoms with Crippen LogP contribution in [0.4, 0.5) is 11.4 Å². The normalized spacial score (nSPS) is 12.0. The van der Waals surface area contributed by atoms with Gasteiger partial charge in [-0.2, -0.15) is 0 Å². The fraction of sp³-hybridized carbons (Fsp3) is 0.628. The third-order valence-corrected chi connectivity index (χ3v) is 9.10. The van der Waals surface area contributed by atoms with Gasteiger partial charge in [0.1, 0.15) is 0 Å². The van der Waals surface area contributed by atoms with Gasteiger partial charge in [0, 0.05) is 22.7 Å². The third-order valence-electron chi connectivity index (χ3n) is 9.10. The van der Waals surface area contributed by atoms with Crippen molar-refractivity contribution < 1.29 is 16.5 Å². The number of aryl methyl sites for hydroxylation is 3. The fourth-order valence-electron chi connectivity index (χ4n) is 5.90. The van der Waals surface area contributed by atoms with Crippen molar-refractivity contribution in [1.29, 1.82) is 0 Å². The first-order valence-corrected chi connectivity index (χ1v) is 19.1. The number of allylic oxidation sites excluding steroid dienone is 2. The smallest absolute Gasteiger partial charge is 0.0665 e. The molecule has 0 fully saturated rings. The Morgan fingerprint density at radius 2 is 1.13 bits per heavy atom. The molecule has 2 rings (SSSR count). The molecule has 3 heteroatoms. The van der Waals surface area contributed by atoms with Crippen LogP contribution in [0.1, 0.15) is 172 Å². The van der Waals surface area contributed by atoms with Crippen LogP contribution in [0.2, 0.25) is 0 Å². The van der Waals surface area contributed by atoms with Crippen LogP contribution in [0, 0.1) is 13.8 Å². The van der Waals surface area contributed by atoms with Gasteiger partial charge in [0.2, 0.25) is 0 Å². The SMILES string of the molecule is CCCCCCCCCCCCCCCCCC/C=C/CCCc1ccccc1/N=C(/C=N/c1ccc(C)c(C)c1)CCCC.[Ni]. The van der Waals surface area contributed by atoms with E-state index in [1.54, 1.807) is 0 Å². The van der Waals surface area contributed by atoms with Gasteiger partial charge in [0.25, 0.3) is 0 Å². The molecule has 2 aromatic carbocycles. The molecule has 2 aromatic rings. The second-order valence-corrected chi connectivity index (χ2v) is 13.3. The zero-order chi connectivity index (χ0) is 32.2. The Kier molecular flexibility index (Phi) is 26.7. The molecule has 0 saturated carbocycles. The summed E-state index contributed by atoms with van der Waals surface area (Å²) in [6.07, 6.45) is 37.6. The number of rotatable bonds is 27. The maximum absolute atomic E-state index is 5.11. The Morgan fingerprint density at radius 1 is 0.587 bits per heavy atom. The standard InChI is InChI=1S/C43H68N2.Ni/c1-5-7-9-10-11-12-13-14-15-16-17-18-19-20-21-22-23-24-25-26-27-30-40-31-28-29-33-43(40)45-42(32-8-6-2)37-44-41-35-34-38(3)39(4)36-41;/h24-25,28-29,31,33-37H,5-23,26-27,30,32H2,1-4H3;/b25-24+,44-37+,45-42+;. The van der Waals surface area contributed by atoms with E-state index in [0.717, 1.165) is 49.2 Å². The minimum absolute atomic E-state index is 0. The topological polar surface area (TPSA) is 24.7 Å². The van der Waals surface area contributed by atoms with E-state index in [0.29, 0.717) is 0 Å². The summed E-state index contributed by atoms with van der Waals surface area (Å²) in [7, 11) is 0. The molecule has 0 aliphatic heterocycles. The van der Waals surface area contributed by atoms with Crippen LogP contribution in [0.5, 0.6) is 0 Å². The van der Waals surface area contributed by atoms with E-state index in [1.807, 2.05) is 6.21 Å². The van der Waals surface area contributed by atoms with Crippen molar-refractivity contribution in [3.8, 4) is 0 Å². The second kappa shape index (κ2) is 29.2. The molecule has 2 nitrogen and oxygen atoms in total. The predicted octanol–water partition coefficient (Wildman–Crippen LogP) is 14.5. The molecule has 0 spiro atoms. The molecule has 0 amide bonds. The Balaban J connectivity index is 0.0000106. The van der Waals surface area contributed by atoms with Crippen LogP contribution >= 0.6 is 0 Å². The Bertz CT molecular complexity index is 1100. The molecule has 0 atom stereocenters. The van der Waals surface area contributed by atoms with Gasteiger partial charge in [-0.1, -0.05) is 153 Å². The number of benzene rings is 2. The van der Waals surface area contributed by atoms with Crippen molar-refractivity contribution in [3.05, 3.63) is 71.3 Å². The molecule has 46 heavy (non-hydrogen) atoms. The summed E-state index contributed by atoms with van der Waals surface area (Å²) < 4.78 is 0. The zero-order valence-corrected chi connectivity index (χ0v) is 31.2. The molecule has 0 N–H and O–H groups in total. The van der Waals surface area contributed by atoms with Crippen molar-refractivity contribution >= 4 is 23.3 Å². The number of aliphatic imine (C=N–C) groups is 2. The fourth-order valence-corrected chi connectivity index (χ4v) is 5.90. The summed E-state index contributed by atoms with van der Waals surface area (Å²) in [5.41, 5.74) is 7.10. The van der Waals surface area contributed by atoms with E-state index >= 15 is 0 Å². The average molecular weight is 672 g/mol. The van der Waals surface area contributed by atoms with Crippen LogP contribution in [-0.2, 0) is 22.9 Å². The van der Waals surface area contributed by atoms with E-state index in [4.69, 9.17) is 9.98 Å². The van der Waals surface area contributed by atoms with E-state index in [2.05, 4.69) is 82.3 Å². The van der Waals surface area contributed by atoms with E-state index < -0.39 is 0 Å². The maximum Gasteiger partial charge on any atom is 0.0665 e. The van der Waals surface area contributed by atoms with Gasteiger partial charge < -0.3 is 0 Å². The first kappa shape index (κ1) is 42.0. The van der Waals surface area contributed by atoms with Crippen molar-refractivity contribution in [1.82, 2.24) is 0 Å². The number of hydrogen-bond acceptors (Lipinski definition) is 2. The van der Waals surface area contributed by atoms with Gasteiger partial charge in [-0.15, -0.1) is 0 Å². The van der Waals surface area contributed by atoms with Crippen LogP contribution in [0.25, 0.3) is 0 Å². The van der Waals surface area contributed by atoms with Gasteiger partial charge in [-0.3, -0.25) is 9.98 Å². The molecule has 0 unspecified atom stereocenters. The van der Waals surface area contributed by atoms with E-state index in [-0.39, 0.29) is 16.5 Å². The van der Waals surface area contributed by atoms with E-state index in [9.17, 15) is 0 Å². The quantitative estimate of drug-likeness (QED) is 0.0391. The molecule has 260 valence electrons. The molecule has 0 aromatic heterocycles. The first-order chi connectivity index (χ1) is 22.1. The molecule has 0 radical (unpaired) electrons. The molecular formula is C43H68N2Ni. The molecule has 0 heterocycles. The maximum atomic E-state index is 5.11. The van der Waals surface area contributed by atoms with Crippen molar-refractivity contribution in [3.63, 3.8) is 0 Å². The van der Waals surface area contributed by atoms with Gasteiger partial charge in [-0.25, -0.2) is 0 Å². The second-order valence-electron chi connectivity index (χ2n) is 13.3. The van der Waals surface area contributed by atoms with E-state index in [1.165, 1.54) is 132 Å². The summed E-state index contributed by atoms with van der Waals surface area (Å²) in [5.74, 6) is 0. The van der Waals surface area contributed by atoms with Gasteiger partial charge in [0.05, 0.1) is 17.1 Å². The zero-order valence-electron chi connectivity index (χ0n) is 30.2. The molecule has 0 bridgehead atoms. The molecule has 0 saturated heterocycles. The third kappa shape index (κ3) is 21.0. The Morgan fingerprint density at radius 3 is 1.72 bits per heavy atom. The summed E-state index contributed by atoms with van der Waals surface area (Å²) >= 11 is 0. The molecule has 0 aliphatic rings. The van der Waals surface area contributed by atoms with Gasteiger partial charge >= 0.3 is 0 Å².